The van der Waals surface area contributed by atoms with Crippen molar-refractivity contribution in [3.8, 4) is 12.5 Å². The summed E-state index contributed by atoms with van der Waals surface area (Å²) in [5, 5.41) is 2.38. The Morgan fingerprint density at radius 1 is 1.42 bits per heavy atom. The van der Waals surface area contributed by atoms with Gasteiger partial charge in [0.1, 0.15) is 0 Å². The number of terminal acetylenes is 1. The van der Waals surface area contributed by atoms with Crippen LogP contribution in [0.4, 0.5) is 0 Å². The molecule has 0 aromatic heterocycles. The summed E-state index contributed by atoms with van der Waals surface area (Å²) in [5.74, 6) is 0.580. The molecular formula is C10H15NO. The molecule has 2 nitrogen and oxygen atoms in total. The van der Waals surface area contributed by atoms with Gasteiger partial charge in [-0.05, 0) is 18.8 Å². The third-order valence-electron chi connectivity index (χ3n) is 2.41. The van der Waals surface area contributed by atoms with E-state index < -0.39 is 0 Å². The summed E-state index contributed by atoms with van der Waals surface area (Å²) in [6, 6.07) is 2.16. The van der Waals surface area contributed by atoms with Crippen LogP contribution in [0.5, 0.6) is 0 Å². The van der Waals surface area contributed by atoms with Gasteiger partial charge in [-0.1, -0.05) is 25.7 Å². The lowest BCUT2D eigenvalue weighted by Crippen LogP contribution is -2.21. The predicted molar refractivity (Wildman–Crippen MR) is 48.2 cm³/mol. The highest BCUT2D eigenvalue weighted by atomic mass is 16.1. The van der Waals surface area contributed by atoms with Crippen LogP contribution in [0.2, 0.25) is 0 Å². The summed E-state index contributed by atoms with van der Waals surface area (Å²) in [4.78, 5) is 11.1. The van der Waals surface area contributed by atoms with E-state index in [-0.39, 0.29) is 5.91 Å². The molecule has 1 saturated carbocycles. The smallest absolute Gasteiger partial charge is 0.231 e. The number of carbonyl (C=O) groups excluding carboxylic acids is 1. The fraction of sp³-hybridized carbons (Fsp3) is 0.700. The van der Waals surface area contributed by atoms with Gasteiger partial charge in [-0.15, -0.1) is 0 Å². The number of amides is 1. The second-order valence-electron chi connectivity index (χ2n) is 3.40. The molecule has 1 aliphatic rings. The van der Waals surface area contributed by atoms with Crippen molar-refractivity contribution < 1.29 is 4.79 Å². The SMILES string of the molecule is C#CNC(=O)CC1CCCCC1. The van der Waals surface area contributed by atoms with Crippen molar-refractivity contribution in [2.75, 3.05) is 0 Å². The summed E-state index contributed by atoms with van der Waals surface area (Å²) in [6.45, 7) is 0. The molecule has 1 amide bonds. The average Bonchev–Trinajstić information content (AvgIpc) is 2.06. The van der Waals surface area contributed by atoms with Crippen molar-refractivity contribution in [1.82, 2.24) is 5.32 Å². The molecular weight excluding hydrogens is 150 g/mol. The van der Waals surface area contributed by atoms with E-state index in [0.717, 1.165) is 0 Å². The van der Waals surface area contributed by atoms with Gasteiger partial charge in [-0.25, -0.2) is 0 Å². The maximum atomic E-state index is 11.1. The Balaban J connectivity index is 2.21. The molecule has 66 valence electrons. The summed E-state index contributed by atoms with van der Waals surface area (Å²) >= 11 is 0. The zero-order valence-electron chi connectivity index (χ0n) is 7.31. The number of carbonyl (C=O) groups is 1. The van der Waals surface area contributed by atoms with Gasteiger partial charge in [0.15, 0.2) is 0 Å². The zero-order valence-corrected chi connectivity index (χ0v) is 7.31. The molecule has 0 aromatic rings. The number of hydrogen-bond donors (Lipinski definition) is 1. The lowest BCUT2D eigenvalue weighted by atomic mass is 9.87. The Hall–Kier alpha value is -0.970. The maximum Gasteiger partial charge on any atom is 0.231 e. The van der Waals surface area contributed by atoms with Gasteiger partial charge in [0.2, 0.25) is 5.91 Å². The molecule has 0 aliphatic heterocycles. The molecule has 0 saturated heterocycles. The molecule has 12 heavy (non-hydrogen) atoms. The van der Waals surface area contributed by atoms with Crippen LogP contribution in [0.15, 0.2) is 0 Å². The van der Waals surface area contributed by atoms with Crippen LogP contribution in [-0.2, 0) is 4.79 Å². The summed E-state index contributed by atoms with van der Waals surface area (Å²) in [5.41, 5.74) is 0. The number of hydrogen-bond acceptors (Lipinski definition) is 1. The van der Waals surface area contributed by atoms with Crippen LogP contribution in [-0.4, -0.2) is 5.91 Å². The number of rotatable bonds is 2. The first kappa shape index (κ1) is 9.12. The monoisotopic (exact) mass is 165 g/mol. The Bertz CT molecular complexity index is 187. The van der Waals surface area contributed by atoms with E-state index >= 15 is 0 Å². The van der Waals surface area contributed by atoms with E-state index in [2.05, 4.69) is 11.4 Å². The van der Waals surface area contributed by atoms with E-state index in [0.29, 0.717) is 12.3 Å². The standard InChI is InChI=1S/C10H15NO/c1-2-11-10(12)8-9-6-4-3-5-7-9/h1,9H,3-8H2,(H,11,12). The first-order chi connectivity index (χ1) is 5.83. The molecule has 1 fully saturated rings. The van der Waals surface area contributed by atoms with Crippen molar-refractivity contribution in [2.45, 2.75) is 38.5 Å². The normalized spacial score (nSPS) is 18.2. The van der Waals surface area contributed by atoms with E-state index in [1.807, 2.05) is 0 Å². The first-order valence-electron chi connectivity index (χ1n) is 4.57. The molecule has 0 bridgehead atoms. The van der Waals surface area contributed by atoms with Gasteiger partial charge >= 0.3 is 0 Å². The van der Waals surface area contributed by atoms with Crippen molar-refractivity contribution in [2.24, 2.45) is 5.92 Å². The highest BCUT2D eigenvalue weighted by Gasteiger charge is 2.16. The van der Waals surface area contributed by atoms with Crippen LogP contribution in [0.25, 0.3) is 0 Å². The largest absolute Gasteiger partial charge is 0.285 e. The lowest BCUT2D eigenvalue weighted by molar-refractivity contribution is -0.121. The number of nitrogens with one attached hydrogen (secondary N) is 1. The molecule has 1 rings (SSSR count). The minimum Gasteiger partial charge on any atom is -0.285 e. The maximum absolute atomic E-state index is 11.1. The molecule has 0 unspecified atom stereocenters. The minimum atomic E-state index is 0.00407. The van der Waals surface area contributed by atoms with Gasteiger partial charge in [0.25, 0.3) is 0 Å². The fourth-order valence-electron chi connectivity index (χ4n) is 1.78. The average molecular weight is 165 g/mol. The van der Waals surface area contributed by atoms with Crippen molar-refractivity contribution in [3.05, 3.63) is 0 Å². The van der Waals surface area contributed by atoms with Crippen LogP contribution in [0.1, 0.15) is 38.5 Å². The third kappa shape index (κ3) is 2.96. The van der Waals surface area contributed by atoms with Crippen LogP contribution < -0.4 is 5.32 Å². The second kappa shape index (κ2) is 4.82. The predicted octanol–water partition coefficient (Wildman–Crippen LogP) is 1.66. The van der Waals surface area contributed by atoms with E-state index in [9.17, 15) is 4.79 Å². The van der Waals surface area contributed by atoms with Crippen molar-refractivity contribution in [1.29, 1.82) is 0 Å². The molecule has 1 aliphatic carbocycles. The van der Waals surface area contributed by atoms with Gasteiger partial charge in [-0.2, -0.15) is 0 Å². The highest BCUT2D eigenvalue weighted by Crippen LogP contribution is 2.25. The topological polar surface area (TPSA) is 29.1 Å². The molecule has 0 heterocycles. The molecule has 2 heteroatoms. The molecule has 0 radical (unpaired) electrons. The van der Waals surface area contributed by atoms with Crippen LogP contribution >= 0.6 is 0 Å². The summed E-state index contributed by atoms with van der Waals surface area (Å²) in [6.07, 6.45) is 11.8. The lowest BCUT2D eigenvalue weighted by Gasteiger charge is -2.19. The van der Waals surface area contributed by atoms with Crippen molar-refractivity contribution >= 4 is 5.91 Å². The van der Waals surface area contributed by atoms with Gasteiger partial charge in [-0.3, -0.25) is 10.1 Å². The molecule has 1 N–H and O–H groups in total. The van der Waals surface area contributed by atoms with Crippen LogP contribution in [0.3, 0.4) is 0 Å². The Morgan fingerprint density at radius 3 is 2.67 bits per heavy atom. The molecule has 0 spiro atoms. The van der Waals surface area contributed by atoms with Gasteiger partial charge in [0, 0.05) is 12.5 Å². The fourth-order valence-corrected chi connectivity index (χ4v) is 1.78. The Morgan fingerprint density at radius 2 is 2.08 bits per heavy atom. The molecule has 0 atom stereocenters. The quantitative estimate of drug-likeness (QED) is 0.489. The van der Waals surface area contributed by atoms with Crippen LogP contribution in [0, 0.1) is 18.4 Å². The minimum absolute atomic E-state index is 0.00407. The Labute approximate surface area is 73.7 Å². The second-order valence-corrected chi connectivity index (χ2v) is 3.40. The zero-order chi connectivity index (χ0) is 8.81. The first-order valence-corrected chi connectivity index (χ1v) is 4.57. The third-order valence-corrected chi connectivity index (χ3v) is 2.41. The molecule has 0 aromatic carbocycles. The summed E-state index contributed by atoms with van der Waals surface area (Å²) in [7, 11) is 0. The van der Waals surface area contributed by atoms with Gasteiger partial charge in [0.05, 0.1) is 0 Å². The van der Waals surface area contributed by atoms with E-state index in [4.69, 9.17) is 6.42 Å². The highest BCUT2D eigenvalue weighted by molar-refractivity contribution is 5.77. The van der Waals surface area contributed by atoms with Gasteiger partial charge < -0.3 is 0 Å². The van der Waals surface area contributed by atoms with E-state index in [1.54, 1.807) is 0 Å². The Kier molecular flexibility index (Phi) is 3.66. The summed E-state index contributed by atoms with van der Waals surface area (Å²) < 4.78 is 0. The van der Waals surface area contributed by atoms with E-state index in [1.165, 1.54) is 32.1 Å². The van der Waals surface area contributed by atoms with Crippen molar-refractivity contribution in [3.63, 3.8) is 0 Å².